The molecule has 26 heavy (non-hydrogen) atoms. The Kier molecular flexibility index (Phi) is 8.24. The van der Waals surface area contributed by atoms with Crippen molar-refractivity contribution in [3.63, 3.8) is 0 Å². The highest BCUT2D eigenvalue weighted by Gasteiger charge is 2.10. The van der Waals surface area contributed by atoms with Gasteiger partial charge in [0.2, 0.25) is 0 Å². The zero-order chi connectivity index (χ0) is 18.8. The second-order valence-electron chi connectivity index (χ2n) is 5.03. The molecule has 0 heterocycles. The van der Waals surface area contributed by atoms with E-state index in [0.717, 1.165) is 4.90 Å². The molecule has 1 amide bonds. The third-order valence-corrected chi connectivity index (χ3v) is 4.32. The van der Waals surface area contributed by atoms with Gasteiger partial charge in [0.15, 0.2) is 24.8 Å². The highest BCUT2D eigenvalue weighted by molar-refractivity contribution is 7.99. The van der Waals surface area contributed by atoms with Gasteiger partial charge in [-0.05, 0) is 36.4 Å². The van der Waals surface area contributed by atoms with Crippen molar-refractivity contribution in [1.82, 2.24) is 5.32 Å². The van der Waals surface area contributed by atoms with Gasteiger partial charge in [0.1, 0.15) is 0 Å². The second kappa shape index (κ2) is 10.7. The molecular weight excluding hydrogens is 381 g/mol. The standard InChI is InChI=1S/C18H17ClFNO4S/c19-13-5-7-14(8-6-13)26-10-9-21-17(22)11-25-18(23)12-24-16-4-2-1-3-15(16)20/h1-8H,9-12H2,(H,21,22). The smallest absolute Gasteiger partial charge is 0.344 e. The lowest BCUT2D eigenvalue weighted by atomic mass is 10.3. The molecule has 8 heteroatoms. The number of nitrogens with one attached hydrogen (secondary N) is 1. The number of halogens is 2. The van der Waals surface area contributed by atoms with Gasteiger partial charge in [-0.2, -0.15) is 0 Å². The zero-order valence-electron chi connectivity index (χ0n) is 13.7. The third-order valence-electron chi connectivity index (χ3n) is 3.05. The van der Waals surface area contributed by atoms with Crippen LogP contribution in [0.25, 0.3) is 0 Å². The van der Waals surface area contributed by atoms with Crippen molar-refractivity contribution in [2.75, 3.05) is 25.5 Å². The van der Waals surface area contributed by atoms with Crippen LogP contribution >= 0.6 is 23.4 Å². The number of ether oxygens (including phenoxy) is 2. The first kappa shape index (κ1) is 20.1. The van der Waals surface area contributed by atoms with E-state index >= 15 is 0 Å². The van der Waals surface area contributed by atoms with E-state index < -0.39 is 30.9 Å². The SMILES string of the molecule is O=C(COC(=O)COc1ccccc1F)NCCSc1ccc(Cl)cc1. The molecule has 0 saturated heterocycles. The summed E-state index contributed by atoms with van der Waals surface area (Å²) in [7, 11) is 0. The average Bonchev–Trinajstić information content (AvgIpc) is 2.64. The Morgan fingerprint density at radius 1 is 1.08 bits per heavy atom. The molecule has 0 aromatic heterocycles. The van der Waals surface area contributed by atoms with E-state index in [0.29, 0.717) is 17.3 Å². The molecule has 0 atom stereocenters. The molecule has 5 nitrogen and oxygen atoms in total. The van der Waals surface area contributed by atoms with Gasteiger partial charge in [-0.15, -0.1) is 11.8 Å². The number of amides is 1. The van der Waals surface area contributed by atoms with E-state index in [1.165, 1.54) is 18.2 Å². The molecule has 0 bridgehead atoms. The zero-order valence-corrected chi connectivity index (χ0v) is 15.3. The predicted octanol–water partition coefficient (Wildman–Crippen LogP) is 3.31. The monoisotopic (exact) mass is 397 g/mol. The molecule has 0 fully saturated rings. The van der Waals surface area contributed by atoms with Crippen LogP contribution in [-0.2, 0) is 14.3 Å². The summed E-state index contributed by atoms with van der Waals surface area (Å²) in [4.78, 5) is 24.2. The number of carbonyl (C=O) groups is 2. The topological polar surface area (TPSA) is 64.6 Å². The summed E-state index contributed by atoms with van der Waals surface area (Å²) >= 11 is 7.37. The first-order valence-electron chi connectivity index (χ1n) is 7.72. The minimum atomic E-state index is -0.751. The maximum atomic E-state index is 13.3. The van der Waals surface area contributed by atoms with Crippen LogP contribution in [0.15, 0.2) is 53.4 Å². The maximum absolute atomic E-state index is 13.3. The molecule has 2 rings (SSSR count). The van der Waals surface area contributed by atoms with Gasteiger partial charge >= 0.3 is 5.97 Å². The van der Waals surface area contributed by atoms with Crippen molar-refractivity contribution in [2.24, 2.45) is 0 Å². The number of benzene rings is 2. The number of carbonyl (C=O) groups excluding carboxylic acids is 2. The number of hydrogen-bond donors (Lipinski definition) is 1. The van der Waals surface area contributed by atoms with Crippen molar-refractivity contribution in [3.8, 4) is 5.75 Å². The highest BCUT2D eigenvalue weighted by Crippen LogP contribution is 2.19. The lowest BCUT2D eigenvalue weighted by molar-refractivity contribution is -0.150. The van der Waals surface area contributed by atoms with E-state index in [1.54, 1.807) is 30.0 Å². The van der Waals surface area contributed by atoms with Crippen LogP contribution in [0, 0.1) is 5.82 Å². The normalized spacial score (nSPS) is 10.2. The molecule has 0 aliphatic heterocycles. The molecule has 2 aromatic rings. The molecule has 0 aliphatic carbocycles. The van der Waals surface area contributed by atoms with Gasteiger partial charge in [0.05, 0.1) is 0 Å². The molecule has 2 aromatic carbocycles. The van der Waals surface area contributed by atoms with Crippen LogP contribution in [0.4, 0.5) is 4.39 Å². The van der Waals surface area contributed by atoms with E-state index in [9.17, 15) is 14.0 Å². The fourth-order valence-corrected chi connectivity index (χ4v) is 2.72. The van der Waals surface area contributed by atoms with Gasteiger partial charge in [-0.1, -0.05) is 23.7 Å². The second-order valence-corrected chi connectivity index (χ2v) is 6.64. The third kappa shape index (κ3) is 7.33. The van der Waals surface area contributed by atoms with E-state index in [4.69, 9.17) is 21.1 Å². The molecule has 0 aliphatic rings. The number of thioether (sulfide) groups is 1. The Hall–Kier alpha value is -2.25. The minimum Gasteiger partial charge on any atom is -0.479 e. The first-order chi connectivity index (χ1) is 12.5. The summed E-state index contributed by atoms with van der Waals surface area (Å²) in [6.07, 6.45) is 0. The van der Waals surface area contributed by atoms with Crippen LogP contribution in [0.3, 0.4) is 0 Å². The van der Waals surface area contributed by atoms with Crippen LogP contribution in [-0.4, -0.2) is 37.4 Å². The number of rotatable bonds is 9. The Morgan fingerprint density at radius 2 is 1.81 bits per heavy atom. The summed E-state index contributed by atoms with van der Waals surface area (Å²) in [5, 5.41) is 3.31. The molecule has 0 radical (unpaired) electrons. The summed E-state index contributed by atoms with van der Waals surface area (Å²) in [6.45, 7) is -0.457. The highest BCUT2D eigenvalue weighted by atomic mass is 35.5. The Morgan fingerprint density at radius 3 is 2.54 bits per heavy atom. The van der Waals surface area contributed by atoms with Crippen molar-refractivity contribution < 1.29 is 23.5 Å². The van der Waals surface area contributed by atoms with E-state index in [2.05, 4.69) is 5.32 Å². The van der Waals surface area contributed by atoms with Crippen molar-refractivity contribution >= 4 is 35.2 Å². The Labute approximate surface area is 159 Å². The molecule has 0 unspecified atom stereocenters. The van der Waals surface area contributed by atoms with Crippen molar-refractivity contribution in [1.29, 1.82) is 0 Å². The number of hydrogen-bond acceptors (Lipinski definition) is 5. The quantitative estimate of drug-likeness (QED) is 0.399. The lowest BCUT2D eigenvalue weighted by Crippen LogP contribution is -2.31. The number of esters is 1. The van der Waals surface area contributed by atoms with Crippen LogP contribution in [0.2, 0.25) is 5.02 Å². The Bertz CT molecular complexity index is 742. The molecule has 0 saturated carbocycles. The fraction of sp³-hybridized carbons (Fsp3) is 0.222. The predicted molar refractivity (Wildman–Crippen MR) is 98.0 cm³/mol. The van der Waals surface area contributed by atoms with Crippen molar-refractivity contribution in [2.45, 2.75) is 4.90 Å². The van der Waals surface area contributed by atoms with Gasteiger partial charge in [0, 0.05) is 22.2 Å². The minimum absolute atomic E-state index is 0.0480. The molecule has 138 valence electrons. The summed E-state index contributed by atoms with van der Waals surface area (Å²) < 4.78 is 23.1. The van der Waals surface area contributed by atoms with Gasteiger partial charge < -0.3 is 14.8 Å². The van der Waals surface area contributed by atoms with E-state index in [-0.39, 0.29) is 5.75 Å². The maximum Gasteiger partial charge on any atom is 0.344 e. The average molecular weight is 398 g/mol. The van der Waals surface area contributed by atoms with Gasteiger partial charge in [-0.25, -0.2) is 9.18 Å². The first-order valence-corrected chi connectivity index (χ1v) is 9.09. The summed E-state index contributed by atoms with van der Waals surface area (Å²) in [6, 6.07) is 13.1. The van der Waals surface area contributed by atoms with Crippen LogP contribution < -0.4 is 10.1 Å². The number of para-hydroxylation sites is 1. The van der Waals surface area contributed by atoms with Gasteiger partial charge in [0.25, 0.3) is 5.91 Å². The summed E-state index contributed by atoms with van der Waals surface area (Å²) in [5.41, 5.74) is 0. The van der Waals surface area contributed by atoms with Crippen LogP contribution in [0.1, 0.15) is 0 Å². The molecule has 1 N–H and O–H groups in total. The largest absolute Gasteiger partial charge is 0.479 e. The van der Waals surface area contributed by atoms with Crippen molar-refractivity contribution in [3.05, 3.63) is 59.4 Å². The Balaban J connectivity index is 1.57. The fourth-order valence-electron chi connectivity index (χ4n) is 1.83. The summed E-state index contributed by atoms with van der Waals surface area (Å²) in [5.74, 6) is -1.12. The molecular formula is C18H17ClFNO4S. The molecule has 0 spiro atoms. The van der Waals surface area contributed by atoms with Crippen LogP contribution in [0.5, 0.6) is 5.75 Å². The van der Waals surface area contributed by atoms with E-state index in [1.807, 2.05) is 12.1 Å². The van der Waals surface area contributed by atoms with Gasteiger partial charge in [-0.3, -0.25) is 4.79 Å². The lowest BCUT2D eigenvalue weighted by Gasteiger charge is -2.08.